The summed E-state index contributed by atoms with van der Waals surface area (Å²) in [6.07, 6.45) is 7.89. The second-order valence-electron chi connectivity index (χ2n) is 5.66. The van der Waals surface area contributed by atoms with Crippen LogP contribution in [0, 0.1) is 0 Å². The topological polar surface area (TPSA) is 61.7 Å². The first-order valence-corrected chi connectivity index (χ1v) is 8.66. The Morgan fingerprint density at radius 1 is 1.40 bits per heavy atom. The van der Waals surface area contributed by atoms with Crippen molar-refractivity contribution in [2.75, 3.05) is 12.0 Å². The molecule has 2 N–H and O–H groups in total. The molecule has 1 aliphatic rings. The number of aromatic nitrogens is 4. The van der Waals surface area contributed by atoms with Crippen LogP contribution in [-0.4, -0.2) is 30.8 Å². The Balaban J connectivity index is 2.05. The van der Waals surface area contributed by atoms with Crippen LogP contribution in [0.1, 0.15) is 44.3 Å². The Bertz CT molecular complexity index is 615. The Kier molecular flexibility index (Phi) is 3.67. The fraction of sp³-hybridized carbons (Fsp3) is 0.714. The van der Waals surface area contributed by atoms with Crippen LogP contribution in [0.25, 0.3) is 11.2 Å². The third kappa shape index (κ3) is 2.10. The van der Waals surface area contributed by atoms with E-state index in [-0.39, 0.29) is 0 Å². The van der Waals surface area contributed by atoms with E-state index in [2.05, 4.69) is 27.8 Å². The van der Waals surface area contributed by atoms with E-state index in [1.807, 2.05) is 23.5 Å². The highest BCUT2D eigenvalue weighted by atomic mass is 32.2. The van der Waals surface area contributed by atoms with Gasteiger partial charge in [0, 0.05) is 18.3 Å². The van der Waals surface area contributed by atoms with Crippen molar-refractivity contribution < 1.29 is 0 Å². The summed E-state index contributed by atoms with van der Waals surface area (Å²) in [5.74, 6) is 0.650. The van der Waals surface area contributed by atoms with E-state index in [9.17, 15) is 0 Å². The molecule has 1 aliphatic carbocycles. The van der Waals surface area contributed by atoms with Crippen molar-refractivity contribution in [1.29, 1.82) is 0 Å². The smallest absolute Gasteiger partial charge is 0.202 e. The maximum atomic E-state index is 6.20. The van der Waals surface area contributed by atoms with E-state index in [0.717, 1.165) is 34.9 Å². The van der Waals surface area contributed by atoms with Crippen molar-refractivity contribution in [3.05, 3.63) is 5.69 Å². The van der Waals surface area contributed by atoms with Gasteiger partial charge in [0.1, 0.15) is 5.52 Å². The molecule has 6 heteroatoms. The molecule has 2 unspecified atom stereocenters. The lowest BCUT2D eigenvalue weighted by atomic mass is 10.2. The first-order valence-electron chi connectivity index (χ1n) is 7.37. The zero-order valence-electron chi connectivity index (χ0n) is 12.5. The SMILES string of the molecule is CCCc1nn(C)c2c1nc(N)n2C1CCC(SC)C1. The van der Waals surface area contributed by atoms with Crippen molar-refractivity contribution in [2.45, 2.75) is 50.3 Å². The summed E-state index contributed by atoms with van der Waals surface area (Å²) in [7, 11) is 2.00. The Labute approximate surface area is 123 Å². The minimum atomic E-state index is 0.474. The van der Waals surface area contributed by atoms with Gasteiger partial charge in [-0.05, 0) is 31.9 Å². The second kappa shape index (κ2) is 5.31. The van der Waals surface area contributed by atoms with Gasteiger partial charge in [0.2, 0.25) is 5.95 Å². The largest absolute Gasteiger partial charge is 0.369 e. The molecule has 20 heavy (non-hydrogen) atoms. The Morgan fingerprint density at radius 2 is 2.20 bits per heavy atom. The average molecular weight is 293 g/mol. The fourth-order valence-electron chi connectivity index (χ4n) is 3.35. The molecule has 0 aromatic carbocycles. The fourth-order valence-corrected chi connectivity index (χ4v) is 4.14. The molecule has 0 aliphatic heterocycles. The summed E-state index contributed by atoms with van der Waals surface area (Å²) in [4.78, 5) is 4.60. The molecule has 0 amide bonds. The van der Waals surface area contributed by atoms with E-state index in [1.54, 1.807) is 0 Å². The molecule has 1 saturated carbocycles. The number of rotatable bonds is 4. The van der Waals surface area contributed by atoms with E-state index in [0.29, 0.717) is 12.0 Å². The van der Waals surface area contributed by atoms with Gasteiger partial charge in [0.25, 0.3) is 0 Å². The van der Waals surface area contributed by atoms with Gasteiger partial charge < -0.3 is 5.73 Å². The lowest BCUT2D eigenvalue weighted by Crippen LogP contribution is -2.12. The highest BCUT2D eigenvalue weighted by molar-refractivity contribution is 7.99. The number of anilines is 1. The van der Waals surface area contributed by atoms with Gasteiger partial charge in [-0.1, -0.05) is 13.3 Å². The van der Waals surface area contributed by atoms with Crippen molar-refractivity contribution in [3.63, 3.8) is 0 Å². The van der Waals surface area contributed by atoms with Crippen LogP contribution in [0.2, 0.25) is 0 Å². The minimum Gasteiger partial charge on any atom is -0.369 e. The zero-order valence-corrected chi connectivity index (χ0v) is 13.3. The van der Waals surface area contributed by atoms with E-state index < -0.39 is 0 Å². The normalized spacial score (nSPS) is 22.9. The van der Waals surface area contributed by atoms with Gasteiger partial charge in [0.15, 0.2) is 5.65 Å². The maximum absolute atomic E-state index is 6.20. The van der Waals surface area contributed by atoms with Gasteiger partial charge in [0.05, 0.1) is 5.69 Å². The summed E-state index contributed by atoms with van der Waals surface area (Å²) in [6, 6.07) is 0.474. The molecule has 0 spiro atoms. The standard InChI is InChI=1S/C14H23N5S/c1-4-5-11-12-13(18(2)17-11)19(14(15)16-12)9-6-7-10(8-9)20-3/h9-10H,4-8H2,1-3H3,(H2,15,16). The van der Waals surface area contributed by atoms with Crippen molar-refractivity contribution in [3.8, 4) is 0 Å². The third-order valence-corrected chi connectivity index (χ3v) is 5.40. The number of fused-ring (bicyclic) bond motifs is 1. The van der Waals surface area contributed by atoms with Gasteiger partial charge in [-0.25, -0.2) is 4.98 Å². The maximum Gasteiger partial charge on any atom is 0.202 e. The average Bonchev–Trinajstić information content (AvgIpc) is 3.07. The second-order valence-corrected chi connectivity index (χ2v) is 6.80. The van der Waals surface area contributed by atoms with Crippen LogP contribution in [0.15, 0.2) is 0 Å². The monoisotopic (exact) mass is 293 g/mol. The van der Waals surface area contributed by atoms with Crippen molar-refractivity contribution >= 4 is 28.9 Å². The molecule has 110 valence electrons. The molecule has 5 nitrogen and oxygen atoms in total. The van der Waals surface area contributed by atoms with Gasteiger partial charge in [-0.2, -0.15) is 16.9 Å². The van der Waals surface area contributed by atoms with Crippen LogP contribution < -0.4 is 5.73 Å². The lowest BCUT2D eigenvalue weighted by molar-refractivity contribution is 0.528. The van der Waals surface area contributed by atoms with Gasteiger partial charge in [-0.15, -0.1) is 0 Å². The number of thioether (sulfide) groups is 1. The summed E-state index contributed by atoms with van der Waals surface area (Å²) < 4.78 is 4.17. The highest BCUT2D eigenvalue weighted by Crippen LogP contribution is 2.39. The van der Waals surface area contributed by atoms with E-state index in [4.69, 9.17) is 5.73 Å². The first-order chi connectivity index (χ1) is 9.65. The number of nitrogen functional groups attached to an aromatic ring is 1. The molecule has 2 aromatic rings. The van der Waals surface area contributed by atoms with E-state index >= 15 is 0 Å². The molecule has 0 radical (unpaired) electrons. The molecular weight excluding hydrogens is 270 g/mol. The predicted octanol–water partition coefficient (Wildman–Crippen LogP) is 2.76. The minimum absolute atomic E-state index is 0.474. The number of imidazole rings is 1. The summed E-state index contributed by atoms with van der Waals surface area (Å²) in [5.41, 5.74) is 9.38. The van der Waals surface area contributed by atoms with Crippen LogP contribution in [0.4, 0.5) is 5.95 Å². The van der Waals surface area contributed by atoms with Gasteiger partial charge in [-0.3, -0.25) is 9.25 Å². The van der Waals surface area contributed by atoms with Crippen LogP contribution in [-0.2, 0) is 13.5 Å². The Hall–Kier alpha value is -1.17. The highest BCUT2D eigenvalue weighted by Gasteiger charge is 2.29. The molecular formula is C14H23N5S. The quantitative estimate of drug-likeness (QED) is 0.941. The van der Waals surface area contributed by atoms with E-state index in [1.165, 1.54) is 19.3 Å². The third-order valence-electron chi connectivity index (χ3n) is 4.31. The lowest BCUT2D eigenvalue weighted by Gasteiger charge is -2.15. The molecule has 0 bridgehead atoms. The van der Waals surface area contributed by atoms with Crippen molar-refractivity contribution in [1.82, 2.24) is 19.3 Å². The summed E-state index contributed by atoms with van der Waals surface area (Å²) in [6.45, 7) is 2.17. The summed E-state index contributed by atoms with van der Waals surface area (Å²) in [5, 5.41) is 5.37. The zero-order chi connectivity index (χ0) is 14.3. The first kappa shape index (κ1) is 13.8. The summed E-state index contributed by atoms with van der Waals surface area (Å²) >= 11 is 1.97. The number of nitrogens with two attached hydrogens (primary N) is 1. The molecule has 2 aromatic heterocycles. The number of hydrogen-bond acceptors (Lipinski definition) is 4. The predicted molar refractivity (Wildman–Crippen MR) is 85.1 cm³/mol. The molecule has 0 saturated heterocycles. The molecule has 2 atom stereocenters. The Morgan fingerprint density at radius 3 is 2.85 bits per heavy atom. The van der Waals surface area contributed by atoms with Gasteiger partial charge >= 0.3 is 0 Å². The molecule has 3 rings (SSSR count). The number of hydrogen-bond donors (Lipinski definition) is 1. The van der Waals surface area contributed by atoms with Crippen LogP contribution >= 0.6 is 11.8 Å². The number of aryl methyl sites for hydroxylation is 2. The molecule has 1 fully saturated rings. The van der Waals surface area contributed by atoms with Crippen molar-refractivity contribution in [2.24, 2.45) is 7.05 Å². The van der Waals surface area contributed by atoms with Crippen LogP contribution in [0.5, 0.6) is 0 Å². The molecule has 2 heterocycles. The van der Waals surface area contributed by atoms with Crippen LogP contribution in [0.3, 0.4) is 0 Å². The number of nitrogens with zero attached hydrogens (tertiary/aromatic N) is 4.